The lowest BCUT2D eigenvalue weighted by molar-refractivity contribution is 0.632. The second kappa shape index (κ2) is 11.2. The molecule has 0 fully saturated rings. The molecule has 2 heteroatoms. The molecule has 0 N–H and O–H groups in total. The first-order valence-corrected chi connectivity index (χ1v) is 18.5. The lowest BCUT2D eigenvalue weighted by Gasteiger charge is -2.18. The largest absolute Gasteiger partial charge is 0.456 e. The van der Waals surface area contributed by atoms with Crippen molar-refractivity contribution >= 4 is 86.8 Å². The first kappa shape index (κ1) is 29.4. The molecule has 54 heavy (non-hydrogen) atoms. The van der Waals surface area contributed by atoms with Crippen LogP contribution in [0.2, 0.25) is 0 Å². The van der Waals surface area contributed by atoms with E-state index in [4.69, 9.17) is 8.83 Å². The summed E-state index contributed by atoms with van der Waals surface area (Å²) in [6, 6.07) is 65.6. The number of furan rings is 2. The number of hydrogen-bond donors (Lipinski definition) is 0. The zero-order valence-corrected chi connectivity index (χ0v) is 29.1. The molecule has 0 aliphatic carbocycles. The predicted octanol–water partition coefficient (Wildman–Crippen LogP) is 15.1. The maximum atomic E-state index is 6.63. The second-order valence-electron chi connectivity index (χ2n) is 14.4. The third-order valence-corrected chi connectivity index (χ3v) is 11.4. The lowest BCUT2D eigenvalue weighted by atomic mass is 9.85. The van der Waals surface area contributed by atoms with Gasteiger partial charge in [0.15, 0.2) is 0 Å². The molecule has 2 aromatic heterocycles. The van der Waals surface area contributed by atoms with E-state index in [1.165, 1.54) is 70.7 Å². The van der Waals surface area contributed by atoms with Crippen LogP contribution in [0.1, 0.15) is 0 Å². The highest BCUT2D eigenvalue weighted by atomic mass is 16.3. The minimum absolute atomic E-state index is 0.879. The van der Waals surface area contributed by atoms with Crippen molar-refractivity contribution in [2.24, 2.45) is 0 Å². The molecule has 0 saturated carbocycles. The van der Waals surface area contributed by atoms with E-state index in [1.54, 1.807) is 0 Å². The Kier molecular flexibility index (Phi) is 6.09. The van der Waals surface area contributed by atoms with E-state index in [1.807, 2.05) is 6.07 Å². The first-order valence-electron chi connectivity index (χ1n) is 18.5. The van der Waals surface area contributed by atoms with E-state index in [-0.39, 0.29) is 0 Å². The Balaban J connectivity index is 1.07. The highest BCUT2D eigenvalue weighted by Crippen LogP contribution is 2.46. The number of benzene rings is 10. The highest BCUT2D eigenvalue weighted by Gasteiger charge is 2.19. The Hall–Kier alpha value is -7.16. The Morgan fingerprint density at radius 2 is 0.852 bits per heavy atom. The molecular formula is C52H30O2. The number of para-hydroxylation sites is 1. The monoisotopic (exact) mass is 686 g/mol. The van der Waals surface area contributed by atoms with E-state index >= 15 is 0 Å². The van der Waals surface area contributed by atoms with Crippen LogP contribution >= 0.6 is 0 Å². The third-order valence-electron chi connectivity index (χ3n) is 11.4. The standard InChI is InChI=1S/C52H30O2/c1-2-12-36-32(11-1)28-46(38-14-4-3-13-37(36)38)49-30-35-27-33(24-26-47(35)53-49)50-40-16-5-7-18-42(40)51(43-19-8-6-17-41(43)50)34-22-21-31-23-25-44-39-15-9-10-20-48(39)54-52(44)45(31)29-34/h1-30H. The lowest BCUT2D eigenvalue weighted by Crippen LogP contribution is -1.91. The van der Waals surface area contributed by atoms with Gasteiger partial charge in [-0.1, -0.05) is 140 Å². The van der Waals surface area contributed by atoms with Gasteiger partial charge < -0.3 is 8.83 Å². The molecule has 2 nitrogen and oxygen atoms in total. The van der Waals surface area contributed by atoms with Gasteiger partial charge in [0.05, 0.1) is 0 Å². The normalized spacial score (nSPS) is 12.1. The molecule has 0 unspecified atom stereocenters. The van der Waals surface area contributed by atoms with Crippen molar-refractivity contribution in [3.63, 3.8) is 0 Å². The van der Waals surface area contributed by atoms with Gasteiger partial charge in [0.25, 0.3) is 0 Å². The van der Waals surface area contributed by atoms with Crippen molar-refractivity contribution in [1.82, 2.24) is 0 Å². The van der Waals surface area contributed by atoms with Crippen LogP contribution in [-0.2, 0) is 0 Å². The molecule has 12 aromatic rings. The van der Waals surface area contributed by atoms with Crippen LogP contribution in [0, 0.1) is 0 Å². The van der Waals surface area contributed by atoms with Gasteiger partial charge in [0, 0.05) is 27.1 Å². The molecule has 10 aromatic carbocycles. The molecule has 0 aliphatic rings. The molecule has 0 bridgehead atoms. The molecule has 0 radical (unpaired) electrons. The quantitative estimate of drug-likeness (QED) is 0.137. The molecule has 0 spiro atoms. The SMILES string of the molecule is c1ccc2c(c1)cc(-c1cc3cc(-c4c5ccccc5c(-c5ccc6ccc7c8ccccc8oc7c6c5)c5ccccc45)ccc3o1)c1ccccc12. The van der Waals surface area contributed by atoms with Crippen LogP contribution in [0.5, 0.6) is 0 Å². The summed E-state index contributed by atoms with van der Waals surface area (Å²) >= 11 is 0. The molecule has 12 rings (SSSR count). The van der Waals surface area contributed by atoms with Crippen LogP contribution in [0.4, 0.5) is 0 Å². The summed E-state index contributed by atoms with van der Waals surface area (Å²) < 4.78 is 13.1. The molecule has 250 valence electrons. The van der Waals surface area contributed by atoms with Crippen molar-refractivity contribution in [2.75, 3.05) is 0 Å². The summed E-state index contributed by atoms with van der Waals surface area (Å²) in [6.45, 7) is 0. The van der Waals surface area contributed by atoms with E-state index < -0.39 is 0 Å². The average molecular weight is 687 g/mol. The van der Waals surface area contributed by atoms with E-state index in [0.29, 0.717) is 0 Å². The zero-order chi connectivity index (χ0) is 35.3. The number of rotatable bonds is 3. The van der Waals surface area contributed by atoms with Crippen LogP contribution < -0.4 is 0 Å². The van der Waals surface area contributed by atoms with Gasteiger partial charge in [-0.3, -0.25) is 0 Å². The Labute approximate surface area is 310 Å². The fraction of sp³-hybridized carbons (Fsp3) is 0. The summed E-state index contributed by atoms with van der Waals surface area (Å²) in [6.07, 6.45) is 0. The third kappa shape index (κ3) is 4.22. The zero-order valence-electron chi connectivity index (χ0n) is 29.1. The van der Waals surface area contributed by atoms with Crippen molar-refractivity contribution in [1.29, 1.82) is 0 Å². The van der Waals surface area contributed by atoms with Gasteiger partial charge in [-0.05, 0) is 113 Å². The second-order valence-corrected chi connectivity index (χ2v) is 14.4. The van der Waals surface area contributed by atoms with Gasteiger partial charge in [0.2, 0.25) is 0 Å². The summed E-state index contributed by atoms with van der Waals surface area (Å²) in [5, 5.41) is 15.4. The van der Waals surface area contributed by atoms with Gasteiger partial charge >= 0.3 is 0 Å². The van der Waals surface area contributed by atoms with E-state index in [0.717, 1.165) is 49.6 Å². The Bertz CT molecular complexity index is 3450. The maximum Gasteiger partial charge on any atom is 0.143 e. The summed E-state index contributed by atoms with van der Waals surface area (Å²) in [5.41, 5.74) is 8.64. The summed E-state index contributed by atoms with van der Waals surface area (Å²) in [5.74, 6) is 0.879. The number of hydrogen-bond acceptors (Lipinski definition) is 2. The van der Waals surface area contributed by atoms with Crippen LogP contribution in [0.15, 0.2) is 191 Å². The van der Waals surface area contributed by atoms with E-state index in [9.17, 15) is 0 Å². The number of fused-ring (bicyclic) bond motifs is 11. The fourth-order valence-electron chi connectivity index (χ4n) is 9.00. The minimum atomic E-state index is 0.879. The van der Waals surface area contributed by atoms with Gasteiger partial charge in [0.1, 0.15) is 22.5 Å². The van der Waals surface area contributed by atoms with Crippen LogP contribution in [0.25, 0.3) is 120 Å². The molecule has 0 amide bonds. The average Bonchev–Trinajstić information content (AvgIpc) is 3.84. The Morgan fingerprint density at radius 3 is 1.59 bits per heavy atom. The van der Waals surface area contributed by atoms with Crippen molar-refractivity contribution in [2.45, 2.75) is 0 Å². The maximum absolute atomic E-state index is 6.63. The molecular weight excluding hydrogens is 657 g/mol. The van der Waals surface area contributed by atoms with E-state index in [2.05, 4.69) is 176 Å². The molecule has 0 aliphatic heterocycles. The highest BCUT2D eigenvalue weighted by molar-refractivity contribution is 6.23. The smallest absolute Gasteiger partial charge is 0.143 e. The topological polar surface area (TPSA) is 26.3 Å². The van der Waals surface area contributed by atoms with Gasteiger partial charge in [-0.2, -0.15) is 0 Å². The predicted molar refractivity (Wildman–Crippen MR) is 227 cm³/mol. The van der Waals surface area contributed by atoms with Crippen LogP contribution in [-0.4, -0.2) is 0 Å². The first-order chi connectivity index (χ1) is 26.8. The fourth-order valence-corrected chi connectivity index (χ4v) is 9.00. The Morgan fingerprint density at radius 1 is 0.278 bits per heavy atom. The van der Waals surface area contributed by atoms with Gasteiger partial charge in [-0.15, -0.1) is 0 Å². The van der Waals surface area contributed by atoms with Crippen LogP contribution in [0.3, 0.4) is 0 Å². The molecule has 2 heterocycles. The molecule has 0 atom stereocenters. The summed E-state index contributed by atoms with van der Waals surface area (Å²) in [4.78, 5) is 0. The minimum Gasteiger partial charge on any atom is -0.456 e. The molecule has 0 saturated heterocycles. The van der Waals surface area contributed by atoms with Gasteiger partial charge in [-0.25, -0.2) is 0 Å². The van der Waals surface area contributed by atoms with Crippen molar-refractivity contribution in [3.05, 3.63) is 182 Å². The van der Waals surface area contributed by atoms with Crippen molar-refractivity contribution in [3.8, 4) is 33.6 Å². The summed E-state index contributed by atoms with van der Waals surface area (Å²) in [7, 11) is 0. The van der Waals surface area contributed by atoms with Crippen molar-refractivity contribution < 1.29 is 8.83 Å².